The Morgan fingerprint density at radius 3 is 2.17 bits per heavy atom. The summed E-state index contributed by atoms with van der Waals surface area (Å²) in [7, 11) is 5.69. The number of hydrogen-bond donors (Lipinski definition) is 1. The fourth-order valence-electron chi connectivity index (χ4n) is 2.88. The van der Waals surface area contributed by atoms with Gasteiger partial charge in [0.15, 0.2) is 17.7 Å². The zero-order valence-electron chi connectivity index (χ0n) is 17.3. The number of nitrogens with zero attached hydrogens (tertiary/aromatic N) is 1. The lowest BCUT2D eigenvalue weighted by Crippen LogP contribution is -2.39. The van der Waals surface area contributed by atoms with Crippen molar-refractivity contribution >= 4 is 50.0 Å². The smallest absolute Gasteiger partial charge is 0.372 e. The Kier molecular flexibility index (Phi) is 7.22. The van der Waals surface area contributed by atoms with Crippen LogP contribution in [-0.4, -0.2) is 40.4 Å². The highest BCUT2D eigenvalue weighted by molar-refractivity contribution is 7.22. The molecular weight excluding hydrogens is 396 g/mol. The Balaban J connectivity index is 0.00000145. The van der Waals surface area contributed by atoms with Crippen molar-refractivity contribution < 1.29 is 33.1 Å². The predicted octanol–water partition coefficient (Wildman–Crippen LogP) is 2.93. The summed E-state index contributed by atoms with van der Waals surface area (Å²) in [6, 6.07) is 3.56. The molecule has 0 saturated heterocycles. The number of carbonyl (C=O) groups excluding carboxylic acids is 2. The number of ether oxygens (including phenoxy) is 4. The molecule has 0 amide bonds. The van der Waals surface area contributed by atoms with Crippen molar-refractivity contribution in [3.8, 4) is 11.5 Å². The van der Waals surface area contributed by atoms with Gasteiger partial charge in [0.25, 0.3) is 0 Å². The second-order valence-corrected chi connectivity index (χ2v) is 6.66. The van der Waals surface area contributed by atoms with Gasteiger partial charge >= 0.3 is 11.9 Å². The zero-order valence-corrected chi connectivity index (χ0v) is 18.1. The lowest BCUT2D eigenvalue weighted by molar-refractivity contribution is -0.658. The molecule has 0 unspecified atom stereocenters. The molecule has 0 fully saturated rings. The Hall–Kier alpha value is -3.07. The first-order chi connectivity index (χ1) is 13.9. The number of nitrogens with two attached hydrogens (primary N) is 1. The molecular formula is C20H25N2O6S+. The number of benzene rings is 1. The van der Waals surface area contributed by atoms with E-state index < -0.39 is 11.9 Å². The number of thiophene rings is 1. The quantitative estimate of drug-likeness (QED) is 0.499. The Morgan fingerprint density at radius 2 is 1.62 bits per heavy atom. The van der Waals surface area contributed by atoms with Crippen molar-refractivity contribution in [1.29, 1.82) is 0 Å². The molecule has 0 radical (unpaired) electrons. The van der Waals surface area contributed by atoms with E-state index in [1.54, 1.807) is 22.9 Å². The number of aromatic nitrogens is 1. The molecule has 3 aromatic rings. The van der Waals surface area contributed by atoms with Gasteiger partial charge in [-0.15, -0.1) is 11.3 Å². The third-order valence-corrected chi connectivity index (χ3v) is 5.46. The van der Waals surface area contributed by atoms with E-state index in [1.165, 1.54) is 39.8 Å². The number of fused-ring (bicyclic) bond motifs is 3. The molecule has 156 valence electrons. The summed E-state index contributed by atoms with van der Waals surface area (Å²) in [5.74, 6) is 0.105. The van der Waals surface area contributed by atoms with Crippen molar-refractivity contribution in [3.05, 3.63) is 23.2 Å². The highest BCUT2D eigenvalue weighted by atomic mass is 32.1. The van der Waals surface area contributed by atoms with Gasteiger partial charge in [-0.1, -0.05) is 13.8 Å². The van der Waals surface area contributed by atoms with Gasteiger partial charge in [-0.2, -0.15) is 4.57 Å². The summed E-state index contributed by atoms with van der Waals surface area (Å²) >= 11 is 1.23. The van der Waals surface area contributed by atoms with Crippen LogP contribution in [0.3, 0.4) is 0 Å². The van der Waals surface area contributed by atoms with Crippen LogP contribution in [0.15, 0.2) is 18.3 Å². The fourth-order valence-corrected chi connectivity index (χ4v) is 4.01. The highest BCUT2D eigenvalue weighted by Crippen LogP contribution is 2.40. The van der Waals surface area contributed by atoms with E-state index in [1.807, 2.05) is 13.8 Å². The summed E-state index contributed by atoms with van der Waals surface area (Å²) in [6.07, 6.45) is 1.72. The average molecular weight is 421 g/mol. The zero-order chi connectivity index (χ0) is 21.7. The van der Waals surface area contributed by atoms with Crippen molar-refractivity contribution in [2.75, 3.05) is 34.2 Å². The largest absolute Gasteiger partial charge is 0.493 e. The molecule has 0 bridgehead atoms. The van der Waals surface area contributed by atoms with E-state index in [4.69, 9.17) is 24.7 Å². The molecule has 0 spiro atoms. The summed E-state index contributed by atoms with van der Waals surface area (Å²) in [5, 5.41) is 1.41. The number of anilines is 1. The molecule has 29 heavy (non-hydrogen) atoms. The minimum Gasteiger partial charge on any atom is -0.493 e. The summed E-state index contributed by atoms with van der Waals surface area (Å²) in [6.45, 7) is 3.97. The van der Waals surface area contributed by atoms with Gasteiger partial charge in [0.1, 0.15) is 4.88 Å². The lowest BCUT2D eigenvalue weighted by Gasteiger charge is -2.09. The third kappa shape index (κ3) is 4.04. The van der Waals surface area contributed by atoms with Crippen LogP contribution in [0.5, 0.6) is 11.5 Å². The second-order valence-electron chi connectivity index (χ2n) is 5.64. The maximum atomic E-state index is 12.1. The second kappa shape index (κ2) is 9.42. The van der Waals surface area contributed by atoms with Gasteiger partial charge in [0.05, 0.1) is 55.7 Å². The van der Waals surface area contributed by atoms with Crippen LogP contribution >= 0.6 is 11.3 Å². The lowest BCUT2D eigenvalue weighted by atomic mass is 10.1. The van der Waals surface area contributed by atoms with Crippen LogP contribution in [0.4, 0.5) is 5.69 Å². The first-order valence-corrected chi connectivity index (χ1v) is 9.72. The van der Waals surface area contributed by atoms with Crippen molar-refractivity contribution in [2.24, 2.45) is 0 Å². The van der Waals surface area contributed by atoms with Crippen LogP contribution in [0, 0.1) is 0 Å². The molecule has 9 heteroatoms. The van der Waals surface area contributed by atoms with E-state index in [-0.39, 0.29) is 6.54 Å². The molecule has 1 aromatic carbocycles. The van der Waals surface area contributed by atoms with Crippen LogP contribution in [0.25, 0.3) is 21.0 Å². The minimum absolute atomic E-state index is 0.0265. The standard InChI is InChI=1S/C18H18N2O6S.C2H6/c1-23-12-5-9-11(6-13(12)24-2)20(8-14(21)25-3)7-10-15(19)17(18(22)26-4)27-16(9)10;1-2/h5-7H,8H2,1-4H3,(H-,19,22);1-2H3/p+1. The Bertz CT molecular complexity index is 1060. The molecule has 0 saturated carbocycles. The van der Waals surface area contributed by atoms with Gasteiger partial charge in [0.2, 0.25) is 12.1 Å². The first-order valence-electron chi connectivity index (χ1n) is 8.90. The number of esters is 2. The number of carbonyl (C=O) groups is 2. The SMILES string of the molecule is CC.COC(=O)C[n+]1cc2c(N)c(C(=O)OC)sc2c2cc(OC)c(OC)cc21. The fraction of sp³-hybridized carbons (Fsp3) is 0.350. The highest BCUT2D eigenvalue weighted by Gasteiger charge is 2.26. The number of pyridine rings is 1. The maximum Gasteiger partial charge on any atom is 0.372 e. The van der Waals surface area contributed by atoms with Crippen molar-refractivity contribution in [2.45, 2.75) is 20.4 Å². The predicted molar refractivity (Wildman–Crippen MR) is 112 cm³/mol. The van der Waals surface area contributed by atoms with E-state index >= 15 is 0 Å². The van der Waals surface area contributed by atoms with E-state index in [0.717, 1.165) is 10.1 Å². The van der Waals surface area contributed by atoms with E-state index in [9.17, 15) is 9.59 Å². The van der Waals surface area contributed by atoms with E-state index in [2.05, 4.69) is 0 Å². The molecule has 3 rings (SSSR count). The normalized spacial score (nSPS) is 10.3. The summed E-state index contributed by atoms with van der Waals surface area (Å²) in [5.41, 5.74) is 7.20. The molecule has 0 aliphatic heterocycles. The van der Waals surface area contributed by atoms with Crippen LogP contribution < -0.4 is 19.8 Å². The number of rotatable bonds is 5. The Morgan fingerprint density at radius 1 is 1.00 bits per heavy atom. The number of nitrogen functional groups attached to an aromatic ring is 1. The number of hydrogen-bond acceptors (Lipinski definition) is 8. The van der Waals surface area contributed by atoms with Gasteiger partial charge in [0, 0.05) is 0 Å². The summed E-state index contributed by atoms with van der Waals surface area (Å²) < 4.78 is 22.9. The monoisotopic (exact) mass is 421 g/mol. The molecule has 2 N–H and O–H groups in total. The summed E-state index contributed by atoms with van der Waals surface area (Å²) in [4.78, 5) is 24.2. The maximum absolute atomic E-state index is 12.1. The topological polar surface area (TPSA) is 101 Å². The van der Waals surface area contributed by atoms with Gasteiger partial charge < -0.3 is 24.7 Å². The van der Waals surface area contributed by atoms with Crippen LogP contribution in [-0.2, 0) is 20.8 Å². The molecule has 0 atom stereocenters. The van der Waals surface area contributed by atoms with Crippen LogP contribution in [0.1, 0.15) is 23.5 Å². The molecule has 0 aliphatic carbocycles. The van der Waals surface area contributed by atoms with Gasteiger partial charge in [-0.3, -0.25) is 0 Å². The van der Waals surface area contributed by atoms with Gasteiger partial charge in [-0.05, 0) is 6.07 Å². The van der Waals surface area contributed by atoms with Crippen molar-refractivity contribution in [1.82, 2.24) is 0 Å². The Labute approximate surface area is 172 Å². The third-order valence-electron chi connectivity index (χ3n) is 4.22. The first kappa shape index (κ1) is 22.2. The number of methoxy groups -OCH3 is 4. The average Bonchev–Trinajstić information content (AvgIpc) is 3.09. The minimum atomic E-state index is -0.512. The molecule has 2 aromatic heterocycles. The van der Waals surface area contributed by atoms with Crippen LogP contribution in [0.2, 0.25) is 0 Å². The van der Waals surface area contributed by atoms with Gasteiger partial charge in [-0.25, -0.2) is 9.59 Å². The molecule has 8 nitrogen and oxygen atoms in total. The van der Waals surface area contributed by atoms with Crippen molar-refractivity contribution in [3.63, 3.8) is 0 Å². The molecule has 0 aliphatic rings. The van der Waals surface area contributed by atoms with E-state index in [0.29, 0.717) is 33.0 Å². The molecule has 2 heterocycles.